The maximum Gasteiger partial charge on any atom is 0.150 e. The Kier molecular flexibility index (Phi) is 4.62. The van der Waals surface area contributed by atoms with Crippen LogP contribution >= 0.6 is 0 Å². The minimum absolute atomic E-state index is 0.661. The fourth-order valence-electron chi connectivity index (χ4n) is 2.72. The van der Waals surface area contributed by atoms with E-state index in [1.807, 2.05) is 24.3 Å². The van der Waals surface area contributed by atoms with Crippen LogP contribution in [-0.2, 0) is 6.54 Å². The van der Waals surface area contributed by atoms with Gasteiger partial charge in [0.2, 0.25) is 0 Å². The Hall–Kier alpha value is -3.07. The van der Waals surface area contributed by atoms with E-state index >= 15 is 0 Å². The number of aldehydes is 1. The normalized spacial score (nSPS) is 10.4. The van der Waals surface area contributed by atoms with Gasteiger partial charge >= 0.3 is 0 Å². The number of benzene rings is 3. The smallest absolute Gasteiger partial charge is 0.150 e. The molecule has 0 heterocycles. The third kappa shape index (κ3) is 3.46. The van der Waals surface area contributed by atoms with Crippen LogP contribution in [-0.4, -0.2) is 6.29 Å². The number of carbonyl (C=O) groups is 1. The van der Waals surface area contributed by atoms with Gasteiger partial charge in [-0.15, -0.1) is 0 Å². The minimum atomic E-state index is 0.661. The lowest BCUT2D eigenvalue weighted by Gasteiger charge is -2.14. The molecule has 0 unspecified atom stereocenters. The second-order valence-electron chi connectivity index (χ2n) is 5.84. The third-order valence-electron chi connectivity index (χ3n) is 4.05. The van der Waals surface area contributed by atoms with Crippen LogP contribution in [0.25, 0.3) is 11.1 Å². The number of rotatable bonds is 5. The van der Waals surface area contributed by atoms with Crippen molar-refractivity contribution in [2.24, 2.45) is 0 Å². The Bertz CT molecular complexity index is 837. The predicted octanol–water partition coefficient (Wildman–Crippen LogP) is 4.67. The highest BCUT2D eigenvalue weighted by Gasteiger charge is 2.09. The molecule has 3 N–H and O–H groups in total. The first-order valence-corrected chi connectivity index (χ1v) is 7.91. The number of carbonyl (C=O) groups excluding carboxylic acids is 1. The van der Waals surface area contributed by atoms with Crippen molar-refractivity contribution in [1.29, 1.82) is 0 Å². The van der Waals surface area contributed by atoms with Gasteiger partial charge in [-0.25, -0.2) is 0 Å². The highest BCUT2D eigenvalue weighted by atomic mass is 16.1. The molecule has 0 amide bonds. The van der Waals surface area contributed by atoms with Gasteiger partial charge in [0.1, 0.15) is 6.29 Å². The van der Waals surface area contributed by atoms with Crippen molar-refractivity contribution < 1.29 is 4.79 Å². The summed E-state index contributed by atoms with van der Waals surface area (Å²) in [6.07, 6.45) is 0.844. The molecule has 0 aliphatic carbocycles. The molecule has 3 aromatic carbocycles. The summed E-state index contributed by atoms with van der Waals surface area (Å²) in [6, 6.07) is 21.8. The molecule has 0 atom stereocenters. The van der Waals surface area contributed by atoms with Crippen LogP contribution in [0.3, 0.4) is 0 Å². The van der Waals surface area contributed by atoms with Gasteiger partial charge in [0, 0.05) is 29.0 Å². The molecule has 24 heavy (non-hydrogen) atoms. The van der Waals surface area contributed by atoms with Crippen molar-refractivity contribution in [3.05, 3.63) is 83.4 Å². The van der Waals surface area contributed by atoms with Gasteiger partial charge in [-0.1, -0.05) is 42.0 Å². The van der Waals surface area contributed by atoms with E-state index in [4.69, 9.17) is 5.73 Å². The Morgan fingerprint density at radius 1 is 0.958 bits per heavy atom. The molecule has 3 aromatic rings. The SMILES string of the molecule is Cc1ccc(-c2c(N)cccc2CNc2ccc(C=O)cc2)cc1. The summed E-state index contributed by atoms with van der Waals surface area (Å²) in [7, 11) is 0. The summed E-state index contributed by atoms with van der Waals surface area (Å²) in [5.74, 6) is 0. The lowest BCUT2D eigenvalue weighted by molar-refractivity contribution is 0.112. The van der Waals surface area contributed by atoms with Gasteiger partial charge in [0.25, 0.3) is 0 Å². The van der Waals surface area contributed by atoms with Crippen molar-refractivity contribution >= 4 is 17.7 Å². The van der Waals surface area contributed by atoms with Crippen molar-refractivity contribution in [2.75, 3.05) is 11.1 Å². The molecule has 0 fully saturated rings. The first-order chi connectivity index (χ1) is 11.7. The van der Waals surface area contributed by atoms with E-state index in [1.54, 1.807) is 12.1 Å². The van der Waals surface area contributed by atoms with Gasteiger partial charge in [0.05, 0.1) is 0 Å². The zero-order valence-corrected chi connectivity index (χ0v) is 13.6. The fraction of sp³-hybridized carbons (Fsp3) is 0.0952. The summed E-state index contributed by atoms with van der Waals surface area (Å²) in [5.41, 5.74) is 13.2. The first kappa shape index (κ1) is 15.8. The summed E-state index contributed by atoms with van der Waals surface area (Å²) in [6.45, 7) is 2.73. The van der Waals surface area contributed by atoms with Crippen LogP contribution in [0, 0.1) is 6.92 Å². The highest BCUT2D eigenvalue weighted by Crippen LogP contribution is 2.30. The minimum Gasteiger partial charge on any atom is -0.398 e. The molecule has 120 valence electrons. The van der Waals surface area contributed by atoms with Gasteiger partial charge in [-0.3, -0.25) is 4.79 Å². The van der Waals surface area contributed by atoms with E-state index in [1.165, 1.54) is 5.56 Å². The Morgan fingerprint density at radius 2 is 1.67 bits per heavy atom. The lowest BCUT2D eigenvalue weighted by atomic mass is 9.97. The van der Waals surface area contributed by atoms with Crippen LogP contribution in [0.1, 0.15) is 21.5 Å². The second kappa shape index (κ2) is 7.01. The summed E-state index contributed by atoms with van der Waals surface area (Å²) in [5, 5.41) is 3.39. The number of hydrogen-bond donors (Lipinski definition) is 2. The Balaban J connectivity index is 1.86. The van der Waals surface area contributed by atoms with Gasteiger partial charge in [-0.2, -0.15) is 0 Å². The standard InChI is InChI=1S/C21H20N2O/c1-15-5-9-17(10-6-15)21-18(3-2-4-20(21)22)13-23-19-11-7-16(14-24)8-12-19/h2-12,14,23H,13,22H2,1H3. The van der Waals surface area contributed by atoms with Crippen molar-refractivity contribution in [3.63, 3.8) is 0 Å². The van der Waals surface area contributed by atoms with E-state index in [9.17, 15) is 4.79 Å². The van der Waals surface area contributed by atoms with Crippen LogP contribution in [0.4, 0.5) is 11.4 Å². The molecule has 0 aliphatic heterocycles. The van der Waals surface area contributed by atoms with Crippen LogP contribution in [0.15, 0.2) is 66.7 Å². The largest absolute Gasteiger partial charge is 0.398 e. The molecule has 0 aliphatic rings. The van der Waals surface area contributed by atoms with E-state index in [0.29, 0.717) is 12.1 Å². The van der Waals surface area contributed by atoms with E-state index in [2.05, 4.69) is 42.6 Å². The number of nitrogens with two attached hydrogens (primary N) is 1. The molecule has 0 bridgehead atoms. The number of nitrogen functional groups attached to an aromatic ring is 1. The zero-order chi connectivity index (χ0) is 16.9. The van der Waals surface area contributed by atoms with Crippen LogP contribution < -0.4 is 11.1 Å². The monoisotopic (exact) mass is 316 g/mol. The fourth-order valence-corrected chi connectivity index (χ4v) is 2.72. The second-order valence-corrected chi connectivity index (χ2v) is 5.84. The maximum absolute atomic E-state index is 10.7. The molecule has 0 spiro atoms. The van der Waals surface area contributed by atoms with Gasteiger partial charge < -0.3 is 11.1 Å². The number of anilines is 2. The molecular weight excluding hydrogens is 296 g/mol. The lowest BCUT2D eigenvalue weighted by Crippen LogP contribution is -2.03. The Labute approximate surface area is 142 Å². The zero-order valence-electron chi connectivity index (χ0n) is 13.6. The predicted molar refractivity (Wildman–Crippen MR) is 100 cm³/mol. The average Bonchev–Trinajstić information content (AvgIpc) is 2.61. The quantitative estimate of drug-likeness (QED) is 0.531. The summed E-state index contributed by atoms with van der Waals surface area (Å²) >= 11 is 0. The van der Waals surface area contributed by atoms with Gasteiger partial charge in [-0.05, 0) is 48.4 Å². The molecule has 0 saturated heterocycles. The van der Waals surface area contributed by atoms with Crippen molar-refractivity contribution in [3.8, 4) is 11.1 Å². The third-order valence-corrected chi connectivity index (χ3v) is 4.05. The van der Waals surface area contributed by atoms with Gasteiger partial charge in [0.15, 0.2) is 0 Å². The molecule has 0 saturated carbocycles. The number of aryl methyl sites for hydroxylation is 1. The molecule has 0 aromatic heterocycles. The van der Waals surface area contributed by atoms with E-state index < -0.39 is 0 Å². The van der Waals surface area contributed by atoms with Crippen molar-refractivity contribution in [1.82, 2.24) is 0 Å². The van der Waals surface area contributed by atoms with E-state index in [0.717, 1.165) is 34.4 Å². The molecule has 3 nitrogen and oxygen atoms in total. The summed E-state index contributed by atoms with van der Waals surface area (Å²) in [4.78, 5) is 10.7. The molecule has 3 rings (SSSR count). The molecular formula is C21H20N2O. The average molecular weight is 316 g/mol. The van der Waals surface area contributed by atoms with Crippen LogP contribution in [0.5, 0.6) is 0 Å². The number of nitrogens with one attached hydrogen (secondary N) is 1. The van der Waals surface area contributed by atoms with Crippen LogP contribution in [0.2, 0.25) is 0 Å². The highest BCUT2D eigenvalue weighted by molar-refractivity contribution is 5.80. The molecule has 0 radical (unpaired) electrons. The topological polar surface area (TPSA) is 55.1 Å². The van der Waals surface area contributed by atoms with Crippen molar-refractivity contribution in [2.45, 2.75) is 13.5 Å². The van der Waals surface area contributed by atoms with E-state index in [-0.39, 0.29) is 0 Å². The maximum atomic E-state index is 10.7. The number of hydrogen-bond acceptors (Lipinski definition) is 3. The first-order valence-electron chi connectivity index (χ1n) is 7.91. The summed E-state index contributed by atoms with van der Waals surface area (Å²) < 4.78 is 0. The molecule has 3 heteroatoms. The Morgan fingerprint density at radius 3 is 2.33 bits per heavy atom.